The van der Waals surface area contributed by atoms with Crippen LogP contribution in [0.3, 0.4) is 0 Å². The molecular weight excluding hydrogens is 381 g/mol. The average Bonchev–Trinajstić information content (AvgIpc) is 2.42. The van der Waals surface area contributed by atoms with Crippen molar-refractivity contribution in [1.29, 1.82) is 0 Å². The van der Waals surface area contributed by atoms with Crippen LogP contribution in [0.25, 0.3) is 0 Å². The van der Waals surface area contributed by atoms with Gasteiger partial charge in [0.25, 0.3) is 0 Å². The Morgan fingerprint density at radius 1 is 1.15 bits per heavy atom. The van der Waals surface area contributed by atoms with Crippen LogP contribution >= 0.6 is 22.6 Å². The Morgan fingerprint density at radius 2 is 1.75 bits per heavy atom. The van der Waals surface area contributed by atoms with Gasteiger partial charge in [0, 0.05) is 3.57 Å². The van der Waals surface area contributed by atoms with Crippen LogP contribution in [0.2, 0.25) is 0 Å². The lowest BCUT2D eigenvalue weighted by Gasteiger charge is -2.11. The monoisotopic (exact) mass is 390 g/mol. The van der Waals surface area contributed by atoms with Gasteiger partial charge >= 0.3 is 5.97 Å². The molecule has 3 nitrogen and oxygen atoms in total. The van der Waals surface area contributed by atoms with Crippen molar-refractivity contribution in [3.63, 3.8) is 0 Å². The molecule has 0 bridgehead atoms. The number of hydrogen-bond donors (Lipinski definition) is 0. The predicted octanol–water partition coefficient (Wildman–Crippen LogP) is 4.15. The first-order chi connectivity index (χ1) is 9.52. The van der Waals surface area contributed by atoms with E-state index in [4.69, 9.17) is 4.74 Å². The molecule has 104 valence electrons. The minimum atomic E-state index is -0.839. The van der Waals surface area contributed by atoms with Crippen LogP contribution in [0.1, 0.15) is 10.4 Å². The minimum Gasteiger partial charge on any atom is -0.465 e. The number of carbonyl (C=O) groups is 1. The molecule has 0 saturated carbocycles. The van der Waals surface area contributed by atoms with E-state index in [0.29, 0.717) is 3.57 Å². The molecule has 2 aromatic rings. The molecule has 20 heavy (non-hydrogen) atoms. The quantitative estimate of drug-likeness (QED) is 0.584. The average molecular weight is 390 g/mol. The van der Waals surface area contributed by atoms with E-state index in [1.54, 1.807) is 34.7 Å². The van der Waals surface area contributed by atoms with E-state index in [9.17, 15) is 13.6 Å². The van der Waals surface area contributed by atoms with Crippen LogP contribution in [-0.2, 0) is 4.74 Å². The van der Waals surface area contributed by atoms with Gasteiger partial charge in [-0.15, -0.1) is 0 Å². The molecular formula is C14H9F2IO3. The number of rotatable bonds is 3. The smallest absolute Gasteiger partial charge is 0.341 e. The molecule has 0 saturated heterocycles. The number of methoxy groups -OCH3 is 1. The van der Waals surface area contributed by atoms with E-state index >= 15 is 0 Å². The Kier molecular flexibility index (Phi) is 4.53. The molecule has 2 aromatic carbocycles. The summed E-state index contributed by atoms with van der Waals surface area (Å²) in [6.07, 6.45) is 0. The fourth-order valence-corrected chi connectivity index (χ4v) is 2.12. The highest BCUT2D eigenvalue weighted by Crippen LogP contribution is 2.31. The second kappa shape index (κ2) is 6.17. The van der Waals surface area contributed by atoms with Gasteiger partial charge in [0.05, 0.1) is 7.11 Å². The minimum absolute atomic E-state index is 0.0263. The highest BCUT2D eigenvalue weighted by atomic mass is 127. The first-order valence-electron chi connectivity index (χ1n) is 5.52. The molecule has 0 fully saturated rings. The van der Waals surface area contributed by atoms with Crippen molar-refractivity contribution < 1.29 is 23.0 Å². The van der Waals surface area contributed by atoms with Crippen molar-refractivity contribution in [3.05, 3.63) is 57.2 Å². The number of para-hydroxylation sites is 1. The molecule has 0 radical (unpaired) electrons. The number of benzene rings is 2. The van der Waals surface area contributed by atoms with Crippen molar-refractivity contribution >= 4 is 28.6 Å². The first-order valence-corrected chi connectivity index (χ1v) is 6.60. The largest absolute Gasteiger partial charge is 0.465 e. The molecule has 6 heteroatoms. The zero-order valence-electron chi connectivity index (χ0n) is 10.3. The lowest BCUT2D eigenvalue weighted by molar-refractivity contribution is 0.0597. The maximum atomic E-state index is 13.7. The summed E-state index contributed by atoms with van der Waals surface area (Å²) in [4.78, 5) is 11.6. The van der Waals surface area contributed by atoms with Crippen molar-refractivity contribution in [3.8, 4) is 11.5 Å². The molecule has 0 amide bonds. The Balaban J connectivity index is 2.43. The van der Waals surface area contributed by atoms with Gasteiger partial charge in [-0.05, 0) is 46.9 Å². The Labute approximate surface area is 127 Å². The van der Waals surface area contributed by atoms with E-state index in [2.05, 4.69) is 4.74 Å². The maximum absolute atomic E-state index is 13.7. The lowest BCUT2D eigenvalue weighted by Crippen LogP contribution is -2.04. The third-order valence-electron chi connectivity index (χ3n) is 2.47. The van der Waals surface area contributed by atoms with Gasteiger partial charge in [-0.3, -0.25) is 0 Å². The van der Waals surface area contributed by atoms with Gasteiger partial charge in [-0.2, -0.15) is 0 Å². The second-order valence-corrected chi connectivity index (χ2v) is 5.03. The summed E-state index contributed by atoms with van der Waals surface area (Å²) in [5.74, 6) is -2.85. The van der Waals surface area contributed by atoms with Gasteiger partial charge in [0.1, 0.15) is 11.3 Å². The van der Waals surface area contributed by atoms with Gasteiger partial charge in [0.15, 0.2) is 17.4 Å². The van der Waals surface area contributed by atoms with Crippen molar-refractivity contribution in [2.24, 2.45) is 0 Å². The van der Waals surface area contributed by atoms with Gasteiger partial charge in [0.2, 0.25) is 0 Å². The number of hydrogen-bond acceptors (Lipinski definition) is 3. The molecule has 0 atom stereocenters. The standard InChI is InChI=1S/C14H9F2IO3/c1-19-14(18)9-4-2-3-5-12(9)20-13-10(15)6-8(17)7-11(13)16/h2-7H,1H3. The molecule has 0 heterocycles. The fourth-order valence-electron chi connectivity index (χ4n) is 1.57. The summed E-state index contributed by atoms with van der Waals surface area (Å²) >= 11 is 1.79. The Hall–Kier alpha value is -1.70. The topological polar surface area (TPSA) is 35.5 Å². The predicted molar refractivity (Wildman–Crippen MR) is 76.9 cm³/mol. The Bertz CT molecular complexity index is 636. The van der Waals surface area contributed by atoms with Crippen molar-refractivity contribution in [2.75, 3.05) is 7.11 Å². The fraction of sp³-hybridized carbons (Fsp3) is 0.0714. The molecule has 0 unspecified atom stereocenters. The Morgan fingerprint density at radius 3 is 2.35 bits per heavy atom. The number of halogens is 3. The zero-order chi connectivity index (χ0) is 14.7. The van der Waals surface area contributed by atoms with Crippen LogP contribution in [0, 0.1) is 15.2 Å². The summed E-state index contributed by atoms with van der Waals surface area (Å²) in [7, 11) is 1.21. The summed E-state index contributed by atoms with van der Waals surface area (Å²) in [6.45, 7) is 0. The van der Waals surface area contributed by atoms with Crippen molar-refractivity contribution in [1.82, 2.24) is 0 Å². The molecule has 0 aromatic heterocycles. The van der Waals surface area contributed by atoms with Gasteiger partial charge in [-0.25, -0.2) is 13.6 Å². The zero-order valence-corrected chi connectivity index (χ0v) is 12.5. The third kappa shape index (κ3) is 3.06. The lowest BCUT2D eigenvalue weighted by atomic mass is 10.2. The summed E-state index contributed by atoms with van der Waals surface area (Å²) in [6, 6.07) is 8.34. The van der Waals surface area contributed by atoms with E-state index in [0.717, 1.165) is 12.1 Å². The van der Waals surface area contributed by atoms with Crippen LogP contribution in [0.4, 0.5) is 8.78 Å². The normalized spacial score (nSPS) is 10.2. The van der Waals surface area contributed by atoms with Crippen LogP contribution in [-0.4, -0.2) is 13.1 Å². The van der Waals surface area contributed by atoms with Crippen molar-refractivity contribution in [2.45, 2.75) is 0 Å². The van der Waals surface area contributed by atoms with E-state index in [1.807, 2.05) is 0 Å². The summed E-state index contributed by atoms with van der Waals surface area (Å²) in [5.41, 5.74) is 0.0901. The van der Waals surface area contributed by atoms with E-state index in [-0.39, 0.29) is 11.3 Å². The van der Waals surface area contributed by atoms with Crippen LogP contribution in [0.15, 0.2) is 36.4 Å². The molecule has 0 spiro atoms. The first kappa shape index (κ1) is 14.7. The third-order valence-corrected chi connectivity index (χ3v) is 3.09. The molecule has 0 aliphatic rings. The number of ether oxygens (including phenoxy) is 2. The van der Waals surface area contributed by atoms with E-state index in [1.165, 1.54) is 19.2 Å². The SMILES string of the molecule is COC(=O)c1ccccc1Oc1c(F)cc(I)cc1F. The second-order valence-electron chi connectivity index (χ2n) is 3.79. The summed E-state index contributed by atoms with van der Waals surface area (Å²) in [5, 5.41) is 0. The number of esters is 1. The molecule has 2 rings (SSSR count). The molecule has 0 aliphatic carbocycles. The van der Waals surface area contributed by atoms with Crippen LogP contribution < -0.4 is 4.74 Å². The highest BCUT2D eigenvalue weighted by molar-refractivity contribution is 14.1. The highest BCUT2D eigenvalue weighted by Gasteiger charge is 2.17. The maximum Gasteiger partial charge on any atom is 0.341 e. The summed E-state index contributed by atoms with van der Waals surface area (Å²) < 4.78 is 37.6. The molecule has 0 N–H and O–H groups in total. The number of carbonyl (C=O) groups excluding carboxylic acids is 1. The van der Waals surface area contributed by atoms with Crippen LogP contribution in [0.5, 0.6) is 11.5 Å². The van der Waals surface area contributed by atoms with Gasteiger partial charge < -0.3 is 9.47 Å². The van der Waals surface area contributed by atoms with E-state index < -0.39 is 23.4 Å². The van der Waals surface area contributed by atoms with Gasteiger partial charge in [-0.1, -0.05) is 12.1 Å². The molecule has 0 aliphatic heterocycles.